The summed E-state index contributed by atoms with van der Waals surface area (Å²) in [5.41, 5.74) is -1.39. The molecule has 0 aromatic heterocycles. The van der Waals surface area contributed by atoms with Gasteiger partial charge in [-0.25, -0.2) is 17.5 Å². The molecule has 0 unspecified atom stereocenters. The van der Waals surface area contributed by atoms with Crippen LogP contribution >= 0.6 is 23.2 Å². The van der Waals surface area contributed by atoms with Gasteiger partial charge < -0.3 is 0 Å². The minimum Gasteiger partial charge on any atom is -0.207 e. The maximum atomic E-state index is 13.3. The summed E-state index contributed by atoms with van der Waals surface area (Å²) in [6, 6.07) is 5.46. The summed E-state index contributed by atoms with van der Waals surface area (Å²) in [4.78, 5) is -0.291. The molecule has 2 aromatic carbocycles. The molecule has 2 rings (SSSR count). The number of rotatable bonds is 4. The molecule has 0 atom stereocenters. The fourth-order valence-corrected chi connectivity index (χ4v) is 3.65. The maximum absolute atomic E-state index is 13.3. The number of benzene rings is 2. The van der Waals surface area contributed by atoms with Gasteiger partial charge in [-0.05, 0) is 42.0 Å². The molecule has 0 radical (unpaired) electrons. The van der Waals surface area contributed by atoms with Gasteiger partial charge in [-0.3, -0.25) is 0 Å². The Labute approximate surface area is 145 Å². The van der Waals surface area contributed by atoms with Crippen molar-refractivity contribution in [1.82, 2.24) is 4.72 Å². The van der Waals surface area contributed by atoms with E-state index in [0.717, 1.165) is 12.1 Å². The Hall–Kier alpha value is -1.35. The topological polar surface area (TPSA) is 46.2 Å². The van der Waals surface area contributed by atoms with E-state index < -0.39 is 34.1 Å². The molecule has 0 saturated carbocycles. The highest BCUT2D eigenvalue weighted by Crippen LogP contribution is 2.30. The molecule has 2 aromatic rings. The van der Waals surface area contributed by atoms with E-state index in [4.69, 9.17) is 23.2 Å². The quantitative estimate of drug-likeness (QED) is 0.759. The molecule has 130 valence electrons. The Morgan fingerprint density at radius 2 is 1.71 bits per heavy atom. The second kappa shape index (κ2) is 6.87. The first kappa shape index (κ1) is 19.0. The smallest absolute Gasteiger partial charge is 0.207 e. The summed E-state index contributed by atoms with van der Waals surface area (Å²) in [7, 11) is -4.11. The second-order valence-corrected chi connectivity index (χ2v) is 7.32. The van der Waals surface area contributed by atoms with E-state index in [1.165, 1.54) is 12.1 Å². The largest absolute Gasteiger partial charge is 0.416 e. The van der Waals surface area contributed by atoms with E-state index in [0.29, 0.717) is 12.1 Å². The lowest BCUT2D eigenvalue weighted by atomic mass is 10.1. The first-order chi connectivity index (χ1) is 11.0. The predicted octanol–water partition coefficient (Wildman–Crippen LogP) is 4.63. The van der Waals surface area contributed by atoms with Crippen molar-refractivity contribution in [3.8, 4) is 0 Å². The fourth-order valence-electron chi connectivity index (χ4n) is 1.87. The van der Waals surface area contributed by atoms with E-state index in [1.807, 2.05) is 0 Å². The van der Waals surface area contributed by atoms with Crippen molar-refractivity contribution >= 4 is 33.2 Å². The zero-order valence-electron chi connectivity index (χ0n) is 11.7. The third-order valence-electron chi connectivity index (χ3n) is 2.93. The van der Waals surface area contributed by atoms with Gasteiger partial charge in [0.1, 0.15) is 10.7 Å². The lowest BCUT2D eigenvalue weighted by Gasteiger charge is -2.11. The van der Waals surface area contributed by atoms with Crippen LogP contribution in [-0.2, 0) is 22.7 Å². The highest BCUT2D eigenvalue weighted by atomic mass is 35.5. The molecule has 0 aliphatic rings. The number of hydrogen-bond donors (Lipinski definition) is 1. The molecule has 0 aliphatic carbocycles. The summed E-state index contributed by atoms with van der Waals surface area (Å²) in [6.07, 6.45) is -4.74. The molecule has 10 heteroatoms. The monoisotopic (exact) mass is 401 g/mol. The molecule has 0 fully saturated rings. The molecular weight excluding hydrogens is 393 g/mol. The van der Waals surface area contributed by atoms with Gasteiger partial charge >= 0.3 is 6.18 Å². The van der Waals surface area contributed by atoms with Crippen LogP contribution in [0.3, 0.4) is 0 Å². The number of halogens is 6. The van der Waals surface area contributed by atoms with Gasteiger partial charge in [0.15, 0.2) is 0 Å². The van der Waals surface area contributed by atoms with E-state index in [1.54, 1.807) is 0 Å². The van der Waals surface area contributed by atoms with E-state index >= 15 is 0 Å². The minimum absolute atomic E-state index is 0.148. The van der Waals surface area contributed by atoms with E-state index in [-0.39, 0.29) is 20.5 Å². The molecule has 24 heavy (non-hydrogen) atoms. The fraction of sp³-hybridized carbons (Fsp3) is 0.143. The summed E-state index contributed by atoms with van der Waals surface area (Å²) in [6.45, 7) is -0.540. The van der Waals surface area contributed by atoms with Crippen LogP contribution < -0.4 is 4.72 Å². The average molecular weight is 402 g/mol. The third kappa shape index (κ3) is 4.60. The normalized spacial score (nSPS) is 12.4. The van der Waals surface area contributed by atoms with Gasteiger partial charge in [0, 0.05) is 11.6 Å². The van der Waals surface area contributed by atoms with Crippen molar-refractivity contribution in [3.05, 3.63) is 63.4 Å². The van der Waals surface area contributed by atoms with E-state index in [9.17, 15) is 26.0 Å². The predicted molar refractivity (Wildman–Crippen MR) is 81.9 cm³/mol. The SMILES string of the molecule is O=S(=O)(NCc1cc(F)cc(C(F)(F)F)c1)c1ccc(Cl)cc1Cl. The first-order valence-corrected chi connectivity index (χ1v) is 8.54. The van der Waals surface area contributed by atoms with Gasteiger partial charge in [0.05, 0.1) is 10.6 Å². The van der Waals surface area contributed by atoms with Crippen molar-refractivity contribution in [1.29, 1.82) is 0 Å². The van der Waals surface area contributed by atoms with Crippen molar-refractivity contribution < 1.29 is 26.0 Å². The number of sulfonamides is 1. The van der Waals surface area contributed by atoms with Crippen LogP contribution in [0.1, 0.15) is 11.1 Å². The molecule has 3 nitrogen and oxygen atoms in total. The zero-order chi connectivity index (χ0) is 18.1. The lowest BCUT2D eigenvalue weighted by molar-refractivity contribution is -0.137. The molecular formula is C14H9Cl2F4NO2S. The molecule has 0 aliphatic heterocycles. The van der Waals surface area contributed by atoms with Crippen molar-refractivity contribution in [2.75, 3.05) is 0 Å². The van der Waals surface area contributed by atoms with Crippen LogP contribution in [0.15, 0.2) is 41.3 Å². The summed E-state index contributed by atoms with van der Waals surface area (Å²) in [5.74, 6) is -1.12. The Balaban J connectivity index is 2.25. The average Bonchev–Trinajstić information content (AvgIpc) is 2.43. The molecule has 1 N–H and O–H groups in total. The molecule has 0 heterocycles. The maximum Gasteiger partial charge on any atom is 0.416 e. The van der Waals surface area contributed by atoms with E-state index in [2.05, 4.69) is 4.72 Å². The Kier molecular flexibility index (Phi) is 5.44. The zero-order valence-corrected chi connectivity index (χ0v) is 14.0. The van der Waals surface area contributed by atoms with Gasteiger partial charge in [-0.2, -0.15) is 13.2 Å². The Morgan fingerprint density at radius 1 is 1.04 bits per heavy atom. The summed E-state index contributed by atoms with van der Waals surface area (Å²) in [5, 5.41) is 0.0733. The highest BCUT2D eigenvalue weighted by molar-refractivity contribution is 7.89. The van der Waals surface area contributed by atoms with Crippen molar-refractivity contribution in [2.45, 2.75) is 17.6 Å². The molecule has 0 amide bonds. The van der Waals surface area contributed by atoms with Gasteiger partial charge in [0.25, 0.3) is 0 Å². The highest BCUT2D eigenvalue weighted by Gasteiger charge is 2.31. The minimum atomic E-state index is -4.74. The first-order valence-electron chi connectivity index (χ1n) is 6.30. The molecule has 0 spiro atoms. The van der Waals surface area contributed by atoms with Crippen LogP contribution in [0.25, 0.3) is 0 Å². The summed E-state index contributed by atoms with van der Waals surface area (Å²) >= 11 is 11.5. The van der Waals surface area contributed by atoms with Crippen LogP contribution in [-0.4, -0.2) is 8.42 Å². The second-order valence-electron chi connectivity index (χ2n) is 4.75. The van der Waals surface area contributed by atoms with Crippen molar-refractivity contribution in [3.63, 3.8) is 0 Å². The Bertz CT molecular complexity index is 870. The molecule has 0 saturated heterocycles. The van der Waals surface area contributed by atoms with Gasteiger partial charge in [-0.15, -0.1) is 0 Å². The van der Waals surface area contributed by atoms with Crippen LogP contribution in [0, 0.1) is 5.82 Å². The lowest BCUT2D eigenvalue weighted by Crippen LogP contribution is -2.24. The van der Waals surface area contributed by atoms with Crippen LogP contribution in [0.2, 0.25) is 10.0 Å². The van der Waals surface area contributed by atoms with Crippen LogP contribution in [0.5, 0.6) is 0 Å². The number of hydrogen-bond acceptors (Lipinski definition) is 2. The molecule has 0 bridgehead atoms. The summed E-state index contributed by atoms with van der Waals surface area (Å²) < 4.78 is 77.6. The van der Waals surface area contributed by atoms with Crippen LogP contribution in [0.4, 0.5) is 17.6 Å². The van der Waals surface area contributed by atoms with Gasteiger partial charge in [0.2, 0.25) is 10.0 Å². The van der Waals surface area contributed by atoms with Crippen molar-refractivity contribution in [2.24, 2.45) is 0 Å². The number of alkyl halides is 3. The Morgan fingerprint density at radius 3 is 2.29 bits per heavy atom. The number of nitrogens with one attached hydrogen (secondary N) is 1. The standard InChI is InChI=1S/C14H9Cl2F4NO2S/c15-10-1-2-13(12(16)6-10)24(22,23)21-7-8-3-9(14(18,19)20)5-11(17)4-8/h1-6,21H,7H2. The van der Waals surface area contributed by atoms with Gasteiger partial charge in [-0.1, -0.05) is 23.2 Å². The third-order valence-corrected chi connectivity index (χ3v) is 5.05.